The van der Waals surface area contributed by atoms with Gasteiger partial charge >= 0.3 is 0 Å². The van der Waals surface area contributed by atoms with Gasteiger partial charge in [0, 0.05) is 31.2 Å². The molecule has 98 valence electrons. The first-order valence-electron chi connectivity index (χ1n) is 6.61. The number of anilines is 1. The van der Waals surface area contributed by atoms with Crippen LogP contribution in [0.3, 0.4) is 0 Å². The molecular weight excluding hydrogens is 292 g/mol. The van der Waals surface area contributed by atoms with Gasteiger partial charge < -0.3 is 10.2 Å². The maximum atomic E-state index is 4.65. The van der Waals surface area contributed by atoms with Crippen molar-refractivity contribution in [3.63, 3.8) is 0 Å². The summed E-state index contributed by atoms with van der Waals surface area (Å²) in [5.41, 5.74) is 0. The van der Waals surface area contributed by atoms with Crippen molar-refractivity contribution in [3.05, 3.63) is 16.5 Å². The Morgan fingerprint density at radius 2 is 2.00 bits per heavy atom. The molecule has 2 saturated heterocycles. The minimum absolute atomic E-state index is 0.527. The van der Waals surface area contributed by atoms with Crippen LogP contribution in [-0.2, 0) is 0 Å². The number of rotatable bonds is 2. The summed E-state index contributed by atoms with van der Waals surface area (Å²) in [5, 5.41) is 3.11. The highest BCUT2D eigenvalue weighted by molar-refractivity contribution is 9.10. The SMILES string of the molecule is CNc1nc(C2CC3CCC(C2)N3C)ncc1Br. The third-order valence-electron chi connectivity index (χ3n) is 4.46. The second-order valence-electron chi connectivity index (χ2n) is 5.39. The van der Waals surface area contributed by atoms with Crippen molar-refractivity contribution in [2.24, 2.45) is 0 Å². The number of hydrogen-bond acceptors (Lipinski definition) is 4. The molecule has 3 heterocycles. The van der Waals surface area contributed by atoms with E-state index in [1.165, 1.54) is 25.7 Å². The van der Waals surface area contributed by atoms with E-state index in [9.17, 15) is 0 Å². The van der Waals surface area contributed by atoms with Crippen molar-refractivity contribution < 1.29 is 0 Å². The van der Waals surface area contributed by atoms with E-state index < -0.39 is 0 Å². The molecule has 2 bridgehead atoms. The van der Waals surface area contributed by atoms with Crippen LogP contribution in [0.15, 0.2) is 10.7 Å². The summed E-state index contributed by atoms with van der Waals surface area (Å²) < 4.78 is 0.935. The summed E-state index contributed by atoms with van der Waals surface area (Å²) in [6, 6.07) is 1.47. The van der Waals surface area contributed by atoms with Gasteiger partial charge in [0.15, 0.2) is 0 Å². The maximum absolute atomic E-state index is 4.65. The summed E-state index contributed by atoms with van der Waals surface area (Å²) in [5.74, 6) is 2.43. The van der Waals surface area contributed by atoms with Crippen molar-refractivity contribution in [2.75, 3.05) is 19.4 Å². The molecule has 0 amide bonds. The third kappa shape index (κ3) is 2.03. The first kappa shape index (κ1) is 12.4. The molecule has 0 spiro atoms. The molecule has 4 nitrogen and oxygen atoms in total. The molecule has 0 saturated carbocycles. The normalized spacial score (nSPS) is 31.6. The molecule has 3 rings (SSSR count). The van der Waals surface area contributed by atoms with Crippen molar-refractivity contribution in [1.29, 1.82) is 0 Å². The van der Waals surface area contributed by atoms with E-state index >= 15 is 0 Å². The van der Waals surface area contributed by atoms with Crippen LogP contribution in [0.25, 0.3) is 0 Å². The molecule has 1 aromatic rings. The smallest absolute Gasteiger partial charge is 0.143 e. The summed E-state index contributed by atoms with van der Waals surface area (Å²) >= 11 is 3.46. The van der Waals surface area contributed by atoms with E-state index in [2.05, 4.69) is 43.2 Å². The molecule has 0 aromatic carbocycles. The Morgan fingerprint density at radius 1 is 1.33 bits per heavy atom. The lowest BCUT2D eigenvalue weighted by atomic mass is 9.90. The average molecular weight is 311 g/mol. The number of nitrogens with zero attached hydrogens (tertiary/aromatic N) is 3. The maximum Gasteiger partial charge on any atom is 0.143 e. The standard InChI is InChI=1S/C13H19BrN4/c1-15-13-11(14)7-16-12(17-13)8-5-9-3-4-10(6-8)18(9)2/h7-10H,3-6H2,1-2H3,(H,15,16,17). The van der Waals surface area contributed by atoms with E-state index in [-0.39, 0.29) is 0 Å². The Hall–Kier alpha value is -0.680. The fraction of sp³-hybridized carbons (Fsp3) is 0.692. The van der Waals surface area contributed by atoms with Crippen LogP contribution in [0, 0.1) is 0 Å². The van der Waals surface area contributed by atoms with Crippen molar-refractivity contribution in [3.8, 4) is 0 Å². The molecule has 18 heavy (non-hydrogen) atoms. The lowest BCUT2D eigenvalue weighted by Gasteiger charge is -2.35. The number of aromatic nitrogens is 2. The molecule has 2 fully saturated rings. The lowest BCUT2D eigenvalue weighted by Crippen LogP contribution is -2.39. The summed E-state index contributed by atoms with van der Waals surface area (Å²) in [7, 11) is 4.16. The van der Waals surface area contributed by atoms with Crippen LogP contribution < -0.4 is 5.32 Å². The number of piperidine rings is 1. The molecular formula is C13H19BrN4. The molecule has 2 unspecified atom stereocenters. The van der Waals surface area contributed by atoms with E-state index in [1.807, 2.05) is 13.2 Å². The highest BCUT2D eigenvalue weighted by Crippen LogP contribution is 2.41. The number of hydrogen-bond donors (Lipinski definition) is 1. The zero-order chi connectivity index (χ0) is 12.7. The largest absolute Gasteiger partial charge is 0.372 e. The van der Waals surface area contributed by atoms with Gasteiger partial charge in [0.05, 0.1) is 4.47 Å². The van der Waals surface area contributed by atoms with Gasteiger partial charge in [-0.25, -0.2) is 9.97 Å². The highest BCUT2D eigenvalue weighted by atomic mass is 79.9. The Balaban J connectivity index is 1.84. The van der Waals surface area contributed by atoms with Gasteiger partial charge in [-0.3, -0.25) is 0 Å². The van der Waals surface area contributed by atoms with Crippen LogP contribution in [0.1, 0.15) is 37.4 Å². The Kier molecular flexibility index (Phi) is 3.28. The van der Waals surface area contributed by atoms with Gasteiger partial charge in [0.25, 0.3) is 0 Å². The first-order valence-corrected chi connectivity index (χ1v) is 7.40. The van der Waals surface area contributed by atoms with Crippen LogP contribution in [-0.4, -0.2) is 41.0 Å². The quantitative estimate of drug-likeness (QED) is 0.911. The first-order chi connectivity index (χ1) is 8.69. The fourth-order valence-electron chi connectivity index (χ4n) is 3.38. The zero-order valence-electron chi connectivity index (χ0n) is 10.9. The van der Waals surface area contributed by atoms with Crippen molar-refractivity contribution in [2.45, 2.75) is 43.7 Å². The van der Waals surface area contributed by atoms with E-state index in [1.54, 1.807) is 0 Å². The minimum atomic E-state index is 0.527. The van der Waals surface area contributed by atoms with Crippen LogP contribution in [0.2, 0.25) is 0 Å². The molecule has 0 radical (unpaired) electrons. The number of halogens is 1. The topological polar surface area (TPSA) is 41.1 Å². The van der Waals surface area contributed by atoms with Gasteiger partial charge in [-0.15, -0.1) is 0 Å². The minimum Gasteiger partial charge on any atom is -0.372 e. The van der Waals surface area contributed by atoms with E-state index in [4.69, 9.17) is 0 Å². The van der Waals surface area contributed by atoms with Crippen molar-refractivity contribution >= 4 is 21.7 Å². The molecule has 5 heteroatoms. The molecule has 1 N–H and O–H groups in total. The van der Waals surface area contributed by atoms with Gasteiger partial charge in [-0.1, -0.05) is 0 Å². The second-order valence-corrected chi connectivity index (χ2v) is 6.25. The van der Waals surface area contributed by atoms with Gasteiger partial charge in [0.1, 0.15) is 11.6 Å². The van der Waals surface area contributed by atoms with E-state index in [0.717, 1.165) is 28.2 Å². The van der Waals surface area contributed by atoms with Crippen LogP contribution in [0.4, 0.5) is 5.82 Å². The van der Waals surface area contributed by atoms with Gasteiger partial charge in [0.2, 0.25) is 0 Å². The van der Waals surface area contributed by atoms with Gasteiger partial charge in [-0.2, -0.15) is 0 Å². The third-order valence-corrected chi connectivity index (χ3v) is 5.04. The summed E-state index contributed by atoms with van der Waals surface area (Å²) in [4.78, 5) is 11.7. The van der Waals surface area contributed by atoms with Crippen LogP contribution in [0.5, 0.6) is 0 Å². The predicted octanol–water partition coefficient (Wildman–Crippen LogP) is 2.62. The number of nitrogens with one attached hydrogen (secondary N) is 1. The summed E-state index contributed by atoms with van der Waals surface area (Å²) in [6.07, 6.45) is 6.96. The monoisotopic (exact) mass is 310 g/mol. The Morgan fingerprint density at radius 3 is 2.61 bits per heavy atom. The molecule has 2 aliphatic heterocycles. The predicted molar refractivity (Wildman–Crippen MR) is 75.8 cm³/mol. The highest BCUT2D eigenvalue weighted by Gasteiger charge is 2.39. The second kappa shape index (κ2) is 4.78. The molecule has 2 atom stereocenters. The zero-order valence-corrected chi connectivity index (χ0v) is 12.4. The Labute approximate surface area is 116 Å². The molecule has 2 aliphatic rings. The van der Waals surface area contributed by atoms with Gasteiger partial charge in [-0.05, 0) is 48.7 Å². The lowest BCUT2D eigenvalue weighted by molar-refractivity contribution is 0.159. The molecule has 0 aliphatic carbocycles. The van der Waals surface area contributed by atoms with Crippen LogP contribution >= 0.6 is 15.9 Å². The summed E-state index contributed by atoms with van der Waals surface area (Å²) in [6.45, 7) is 0. The van der Waals surface area contributed by atoms with E-state index in [0.29, 0.717) is 5.92 Å². The number of fused-ring (bicyclic) bond motifs is 2. The van der Waals surface area contributed by atoms with Crippen molar-refractivity contribution in [1.82, 2.24) is 14.9 Å². The average Bonchev–Trinajstić information content (AvgIpc) is 2.62. The Bertz CT molecular complexity index is 437. The fourth-order valence-corrected chi connectivity index (χ4v) is 3.76. The molecule has 1 aromatic heterocycles.